The number of nitrogens with one attached hydrogen (secondary N) is 2. The molecule has 0 radical (unpaired) electrons. The zero-order chi connectivity index (χ0) is 30.7. The molecule has 4 rings (SSSR count). The predicted octanol–water partition coefficient (Wildman–Crippen LogP) is 3.09. The number of hydrogen-bond acceptors (Lipinski definition) is 8. The number of fused-ring (bicyclic) bond motifs is 1. The van der Waals surface area contributed by atoms with Gasteiger partial charge in [-0.2, -0.15) is 0 Å². The van der Waals surface area contributed by atoms with Gasteiger partial charge in [0, 0.05) is 43.6 Å². The van der Waals surface area contributed by atoms with Crippen molar-refractivity contribution in [3.05, 3.63) is 29.8 Å². The van der Waals surface area contributed by atoms with Gasteiger partial charge in [-0.25, -0.2) is 9.59 Å². The van der Waals surface area contributed by atoms with Gasteiger partial charge in [0.15, 0.2) is 0 Å². The number of aliphatic hydroxyl groups excluding tert-OH is 2. The molecule has 42 heavy (non-hydrogen) atoms. The highest BCUT2D eigenvalue weighted by Crippen LogP contribution is 2.61. The Morgan fingerprint density at radius 2 is 1.88 bits per heavy atom. The van der Waals surface area contributed by atoms with Crippen LogP contribution in [-0.2, 0) is 19.1 Å². The van der Waals surface area contributed by atoms with Crippen molar-refractivity contribution < 1.29 is 38.9 Å². The molecule has 0 unspecified atom stereocenters. The second kappa shape index (κ2) is 13.0. The lowest BCUT2D eigenvalue weighted by molar-refractivity contribution is -0.186. The minimum Gasteiger partial charge on any atom is -0.462 e. The first-order valence-electron chi connectivity index (χ1n) is 15.0. The van der Waals surface area contributed by atoms with E-state index in [-0.39, 0.29) is 49.3 Å². The topological polar surface area (TPSA) is 154 Å². The van der Waals surface area contributed by atoms with Crippen LogP contribution in [0.15, 0.2) is 24.3 Å². The van der Waals surface area contributed by atoms with Crippen molar-refractivity contribution in [2.24, 2.45) is 22.7 Å². The molecule has 11 heteroatoms. The number of aliphatic hydroxyl groups is 2. The van der Waals surface area contributed by atoms with E-state index in [2.05, 4.69) is 17.6 Å². The monoisotopic (exact) mass is 587 g/mol. The Kier molecular flexibility index (Phi) is 9.82. The Balaban J connectivity index is 1.44. The summed E-state index contributed by atoms with van der Waals surface area (Å²) in [5.41, 5.74) is -0.544. The number of esters is 1. The number of carbonyl (C=O) groups excluding carboxylic acids is 4. The fourth-order valence-corrected chi connectivity index (χ4v) is 7.70. The Labute approximate surface area is 247 Å². The number of ether oxygens (including phenoxy) is 2. The molecular weight excluding hydrogens is 542 g/mol. The molecule has 232 valence electrons. The quantitative estimate of drug-likeness (QED) is 0.338. The summed E-state index contributed by atoms with van der Waals surface area (Å²) in [6, 6.07) is 6.35. The highest BCUT2D eigenvalue weighted by atomic mass is 16.6. The van der Waals surface area contributed by atoms with Gasteiger partial charge < -0.3 is 29.9 Å². The average Bonchev–Trinajstić information content (AvgIpc) is 3.40. The molecule has 11 nitrogen and oxygen atoms in total. The Morgan fingerprint density at radius 1 is 1.12 bits per heavy atom. The van der Waals surface area contributed by atoms with Crippen molar-refractivity contribution in [3.8, 4) is 0 Å². The van der Waals surface area contributed by atoms with Crippen molar-refractivity contribution in [2.45, 2.75) is 84.5 Å². The van der Waals surface area contributed by atoms with E-state index in [0.717, 1.165) is 0 Å². The number of rotatable bonds is 8. The summed E-state index contributed by atoms with van der Waals surface area (Å²) in [6.07, 6.45) is 1.17. The smallest absolute Gasteiger partial charge is 0.411 e. The summed E-state index contributed by atoms with van der Waals surface area (Å²) in [5.74, 6) is -1.05. The first kappa shape index (κ1) is 31.7. The van der Waals surface area contributed by atoms with E-state index in [1.54, 1.807) is 30.0 Å². The van der Waals surface area contributed by atoms with Crippen LogP contribution in [0.25, 0.3) is 0 Å². The lowest BCUT2D eigenvalue weighted by Gasteiger charge is -2.60. The summed E-state index contributed by atoms with van der Waals surface area (Å²) in [4.78, 5) is 51.7. The van der Waals surface area contributed by atoms with Gasteiger partial charge in [-0.05, 0) is 74.5 Å². The number of nitrogens with zero attached hydrogens (tertiary/aromatic N) is 1. The summed E-state index contributed by atoms with van der Waals surface area (Å²) in [7, 11) is 0. The van der Waals surface area contributed by atoms with Crippen LogP contribution >= 0.6 is 0 Å². The van der Waals surface area contributed by atoms with E-state index in [4.69, 9.17) is 9.47 Å². The van der Waals surface area contributed by atoms with Crippen LogP contribution in [0.1, 0.15) is 76.6 Å². The van der Waals surface area contributed by atoms with Crippen molar-refractivity contribution in [1.29, 1.82) is 0 Å². The van der Waals surface area contributed by atoms with Gasteiger partial charge in [0.25, 0.3) is 0 Å². The molecule has 7 atom stereocenters. The van der Waals surface area contributed by atoms with E-state index < -0.39 is 35.1 Å². The molecule has 3 fully saturated rings. The molecule has 1 saturated heterocycles. The third-order valence-electron chi connectivity index (χ3n) is 9.89. The standard InChI is InChI=1S/C31H45N3O8/c1-5-41-28(39)20-7-6-8-21(15-20)33-29(40)42-26-11-13-30(3)23(24(37)9-10-25(30)31(26,4)18-35)16-27(38)34-14-12-22(17-34)32-19(2)36/h6-8,15,22-26,35,37H,5,9-14,16-18H2,1-4H3,(H,32,36)(H,33,40)/t22-,23+,24+,25-,26+,30-,31-/m0/s1. The minimum absolute atomic E-state index is 0.0396. The second-order valence-electron chi connectivity index (χ2n) is 12.6. The summed E-state index contributed by atoms with van der Waals surface area (Å²) in [6.45, 7) is 8.24. The van der Waals surface area contributed by atoms with Gasteiger partial charge in [0.05, 0.1) is 24.9 Å². The third-order valence-corrected chi connectivity index (χ3v) is 9.89. The van der Waals surface area contributed by atoms with Gasteiger partial charge in [-0.1, -0.05) is 19.9 Å². The van der Waals surface area contributed by atoms with Crippen molar-refractivity contribution in [3.63, 3.8) is 0 Å². The van der Waals surface area contributed by atoms with Crippen LogP contribution in [-0.4, -0.2) is 83.5 Å². The summed E-state index contributed by atoms with van der Waals surface area (Å²) >= 11 is 0. The van der Waals surface area contributed by atoms with Crippen LogP contribution in [0.2, 0.25) is 0 Å². The van der Waals surface area contributed by atoms with Crippen molar-refractivity contribution in [1.82, 2.24) is 10.2 Å². The Hall–Kier alpha value is -3.18. The van der Waals surface area contributed by atoms with Gasteiger partial charge in [-0.3, -0.25) is 14.9 Å². The van der Waals surface area contributed by atoms with Crippen LogP contribution in [0.3, 0.4) is 0 Å². The lowest BCUT2D eigenvalue weighted by atomic mass is 9.46. The van der Waals surface area contributed by atoms with E-state index in [9.17, 15) is 29.4 Å². The van der Waals surface area contributed by atoms with Crippen LogP contribution in [0, 0.1) is 22.7 Å². The number of likely N-dealkylation sites (tertiary alicyclic amines) is 1. The van der Waals surface area contributed by atoms with Crippen molar-refractivity contribution in [2.75, 3.05) is 31.6 Å². The highest BCUT2D eigenvalue weighted by Gasteiger charge is 2.60. The van der Waals surface area contributed by atoms with E-state index in [0.29, 0.717) is 56.4 Å². The van der Waals surface area contributed by atoms with Gasteiger partial charge >= 0.3 is 12.1 Å². The zero-order valence-electron chi connectivity index (χ0n) is 25.1. The molecule has 1 aromatic rings. The van der Waals surface area contributed by atoms with Crippen LogP contribution < -0.4 is 10.6 Å². The Bertz CT molecular complexity index is 1180. The molecule has 1 heterocycles. The molecule has 4 N–H and O–H groups in total. The van der Waals surface area contributed by atoms with Gasteiger partial charge in [0.2, 0.25) is 11.8 Å². The molecule has 3 amide bonds. The van der Waals surface area contributed by atoms with Crippen molar-refractivity contribution >= 4 is 29.6 Å². The average molecular weight is 588 g/mol. The number of carbonyl (C=O) groups is 4. The maximum Gasteiger partial charge on any atom is 0.411 e. The fourth-order valence-electron chi connectivity index (χ4n) is 7.70. The fraction of sp³-hybridized carbons (Fsp3) is 0.677. The zero-order valence-corrected chi connectivity index (χ0v) is 25.1. The first-order chi connectivity index (χ1) is 19.9. The van der Waals surface area contributed by atoms with E-state index in [1.807, 2.05) is 6.92 Å². The number of hydrogen-bond donors (Lipinski definition) is 4. The molecular formula is C31H45N3O8. The van der Waals surface area contributed by atoms with Crippen LogP contribution in [0.4, 0.5) is 10.5 Å². The molecule has 1 aliphatic heterocycles. The largest absolute Gasteiger partial charge is 0.462 e. The predicted molar refractivity (Wildman–Crippen MR) is 154 cm³/mol. The SMILES string of the molecule is CCOC(=O)c1cccc(NC(=O)O[C@@H]2CC[C@]3(C)[C@H](CC[C@@H](O)[C@H]3CC(=O)N3CC[C@H](NC(C)=O)C3)[C@]2(C)CO)c1. The molecule has 3 aliphatic rings. The molecule has 1 aromatic carbocycles. The summed E-state index contributed by atoms with van der Waals surface area (Å²) in [5, 5.41) is 27.4. The van der Waals surface area contributed by atoms with E-state index in [1.165, 1.54) is 13.0 Å². The molecule has 0 bridgehead atoms. The second-order valence-corrected chi connectivity index (χ2v) is 12.6. The third kappa shape index (κ3) is 6.57. The lowest BCUT2D eigenvalue weighted by Crippen LogP contribution is -2.61. The first-order valence-corrected chi connectivity index (χ1v) is 15.0. The van der Waals surface area contributed by atoms with E-state index >= 15 is 0 Å². The highest BCUT2D eigenvalue weighted by molar-refractivity contribution is 5.92. The summed E-state index contributed by atoms with van der Waals surface area (Å²) < 4.78 is 10.9. The molecule has 0 aromatic heterocycles. The number of benzene rings is 1. The Morgan fingerprint density at radius 3 is 2.57 bits per heavy atom. The molecule has 0 spiro atoms. The maximum atomic E-state index is 13.4. The number of amides is 3. The molecule has 2 aliphatic carbocycles. The minimum atomic E-state index is -0.789. The van der Waals surface area contributed by atoms with Crippen LogP contribution in [0.5, 0.6) is 0 Å². The normalized spacial score (nSPS) is 32.4. The maximum absolute atomic E-state index is 13.4. The molecule has 2 saturated carbocycles. The van der Waals surface area contributed by atoms with Gasteiger partial charge in [-0.15, -0.1) is 0 Å². The number of anilines is 1. The van der Waals surface area contributed by atoms with Gasteiger partial charge in [0.1, 0.15) is 6.10 Å².